The van der Waals surface area contributed by atoms with Crippen LogP contribution in [0.25, 0.3) is 0 Å². The van der Waals surface area contributed by atoms with Crippen molar-refractivity contribution in [3.63, 3.8) is 0 Å². The second kappa shape index (κ2) is 5.64. The van der Waals surface area contributed by atoms with E-state index in [2.05, 4.69) is 10.3 Å². The van der Waals surface area contributed by atoms with Crippen LogP contribution in [0.5, 0.6) is 0 Å². The molecule has 0 aliphatic rings. The van der Waals surface area contributed by atoms with Crippen LogP contribution in [0.3, 0.4) is 0 Å². The molecule has 0 spiro atoms. The van der Waals surface area contributed by atoms with Crippen LogP contribution in [-0.4, -0.2) is 15.6 Å². The molecule has 1 N–H and O–H groups in total. The first-order valence-corrected chi connectivity index (χ1v) is 5.52. The Morgan fingerprint density at radius 2 is 2.20 bits per heavy atom. The minimum Gasteiger partial charge on any atom is -0.427 e. The average Bonchev–Trinajstić information content (AvgIpc) is 2.89. The fraction of sp³-hybridized carbons (Fsp3) is 0.167. The zero-order chi connectivity index (χ0) is 14.6. The van der Waals surface area contributed by atoms with Crippen molar-refractivity contribution in [3.8, 4) is 0 Å². The number of hydrogen-bond donors (Lipinski definition) is 1. The Bertz CT molecular complexity index is 582. The van der Waals surface area contributed by atoms with Crippen LogP contribution in [-0.2, 0) is 17.6 Å². The lowest BCUT2D eigenvalue weighted by Gasteiger charge is -2.10. The van der Waals surface area contributed by atoms with Gasteiger partial charge in [0.05, 0.1) is 11.9 Å². The molecule has 2 aromatic rings. The van der Waals surface area contributed by atoms with Gasteiger partial charge in [0, 0.05) is 18.1 Å². The zero-order valence-corrected chi connectivity index (χ0v) is 10.1. The summed E-state index contributed by atoms with van der Waals surface area (Å²) in [6.45, 7) is -0.0786. The molecule has 2 rings (SSSR count). The van der Waals surface area contributed by atoms with Gasteiger partial charge in [0.15, 0.2) is 6.73 Å². The van der Waals surface area contributed by atoms with E-state index >= 15 is 0 Å². The fourth-order valence-electron chi connectivity index (χ4n) is 1.42. The highest BCUT2D eigenvalue weighted by Gasteiger charge is 2.30. The van der Waals surface area contributed by atoms with Gasteiger partial charge in [0.25, 0.3) is 0 Å². The maximum absolute atomic E-state index is 12.5. The van der Waals surface area contributed by atoms with Gasteiger partial charge in [0.1, 0.15) is 0 Å². The van der Waals surface area contributed by atoms with Crippen molar-refractivity contribution in [1.29, 1.82) is 0 Å². The molecule has 8 heteroatoms. The molecule has 1 amide bonds. The summed E-state index contributed by atoms with van der Waals surface area (Å²) in [6.07, 6.45) is -0.778. The Labute approximate surface area is 112 Å². The van der Waals surface area contributed by atoms with Crippen LogP contribution < -0.4 is 5.32 Å². The number of carbonyl (C=O) groups is 1. The molecule has 0 unspecified atom stereocenters. The van der Waals surface area contributed by atoms with Crippen LogP contribution in [0.15, 0.2) is 43.0 Å². The van der Waals surface area contributed by atoms with Crippen molar-refractivity contribution < 1.29 is 22.7 Å². The summed E-state index contributed by atoms with van der Waals surface area (Å²) in [7, 11) is 0. The van der Waals surface area contributed by atoms with Crippen LogP contribution in [0.1, 0.15) is 5.56 Å². The van der Waals surface area contributed by atoms with E-state index in [0.29, 0.717) is 0 Å². The number of nitrogens with zero attached hydrogens (tertiary/aromatic N) is 2. The highest BCUT2D eigenvalue weighted by molar-refractivity contribution is 5.84. The molecule has 0 saturated heterocycles. The van der Waals surface area contributed by atoms with Gasteiger partial charge in [-0.1, -0.05) is 6.07 Å². The molecule has 20 heavy (non-hydrogen) atoms. The predicted octanol–water partition coefficient (Wildman–Crippen LogP) is 3.11. The number of ether oxygens (including phenoxy) is 1. The molecule has 0 aliphatic heterocycles. The molecule has 1 aromatic heterocycles. The summed E-state index contributed by atoms with van der Waals surface area (Å²) in [5.74, 6) is 0. The van der Waals surface area contributed by atoms with E-state index in [4.69, 9.17) is 4.74 Å². The Hall–Kier alpha value is -2.51. The maximum atomic E-state index is 12.5. The lowest BCUT2D eigenvalue weighted by Crippen LogP contribution is -2.16. The number of rotatable bonds is 3. The summed E-state index contributed by atoms with van der Waals surface area (Å²) < 4.78 is 43.8. The van der Waals surface area contributed by atoms with Gasteiger partial charge in [-0.25, -0.2) is 9.78 Å². The highest BCUT2D eigenvalue weighted by Crippen LogP contribution is 2.30. The smallest absolute Gasteiger partial charge is 0.416 e. The number of amides is 1. The summed E-state index contributed by atoms with van der Waals surface area (Å²) in [4.78, 5) is 15.2. The van der Waals surface area contributed by atoms with Gasteiger partial charge >= 0.3 is 12.3 Å². The van der Waals surface area contributed by atoms with Gasteiger partial charge in [-0.2, -0.15) is 13.2 Å². The Kier molecular flexibility index (Phi) is 3.92. The summed E-state index contributed by atoms with van der Waals surface area (Å²) in [5.41, 5.74) is -0.833. The number of imidazole rings is 1. The molecular formula is C12H10F3N3O2. The van der Waals surface area contributed by atoms with E-state index < -0.39 is 17.8 Å². The number of anilines is 1. The van der Waals surface area contributed by atoms with Crippen molar-refractivity contribution in [3.05, 3.63) is 48.5 Å². The molecule has 106 valence electrons. The lowest BCUT2D eigenvalue weighted by molar-refractivity contribution is -0.137. The SMILES string of the molecule is O=C(Nc1cccc(C(F)(F)F)c1)OCn1ccnc1. The third kappa shape index (κ3) is 3.74. The van der Waals surface area contributed by atoms with Crippen LogP contribution in [0.2, 0.25) is 0 Å². The molecule has 0 fully saturated rings. The van der Waals surface area contributed by atoms with Crippen molar-refractivity contribution in [1.82, 2.24) is 9.55 Å². The normalized spacial score (nSPS) is 11.2. The van der Waals surface area contributed by atoms with E-state index in [1.807, 2.05) is 0 Å². The molecule has 0 saturated carbocycles. The summed E-state index contributed by atoms with van der Waals surface area (Å²) in [5, 5.41) is 2.22. The van der Waals surface area contributed by atoms with E-state index in [1.54, 1.807) is 6.20 Å². The van der Waals surface area contributed by atoms with Crippen molar-refractivity contribution in [2.45, 2.75) is 12.9 Å². The predicted molar refractivity (Wildman–Crippen MR) is 63.8 cm³/mol. The molecule has 0 atom stereocenters. The number of nitrogens with one attached hydrogen (secondary N) is 1. The summed E-state index contributed by atoms with van der Waals surface area (Å²) >= 11 is 0. The van der Waals surface area contributed by atoms with Gasteiger partial charge < -0.3 is 9.30 Å². The monoisotopic (exact) mass is 285 g/mol. The molecule has 0 radical (unpaired) electrons. The van der Waals surface area contributed by atoms with Crippen LogP contribution >= 0.6 is 0 Å². The van der Waals surface area contributed by atoms with E-state index in [1.165, 1.54) is 29.2 Å². The standard InChI is InChI=1S/C12H10F3N3O2/c13-12(14,15)9-2-1-3-10(6-9)17-11(19)20-8-18-5-4-16-7-18/h1-7H,8H2,(H,17,19). The number of aromatic nitrogens is 2. The quantitative estimate of drug-likeness (QED) is 0.942. The average molecular weight is 285 g/mol. The Morgan fingerprint density at radius 3 is 2.85 bits per heavy atom. The number of alkyl halides is 3. The lowest BCUT2D eigenvalue weighted by atomic mass is 10.2. The van der Waals surface area contributed by atoms with Crippen molar-refractivity contribution in [2.75, 3.05) is 5.32 Å². The van der Waals surface area contributed by atoms with Crippen LogP contribution in [0.4, 0.5) is 23.7 Å². The van der Waals surface area contributed by atoms with Crippen molar-refractivity contribution >= 4 is 11.8 Å². The first-order valence-electron chi connectivity index (χ1n) is 5.52. The molecule has 1 aromatic carbocycles. The molecule has 0 aliphatic carbocycles. The highest BCUT2D eigenvalue weighted by atomic mass is 19.4. The third-order valence-corrected chi connectivity index (χ3v) is 2.34. The number of benzene rings is 1. The Morgan fingerprint density at radius 1 is 1.40 bits per heavy atom. The minimum absolute atomic E-state index is 0.00968. The second-order valence-electron chi connectivity index (χ2n) is 3.84. The number of carbonyl (C=O) groups excluding carboxylic acids is 1. The fourth-order valence-corrected chi connectivity index (χ4v) is 1.42. The van der Waals surface area contributed by atoms with E-state index in [0.717, 1.165) is 12.1 Å². The van der Waals surface area contributed by atoms with Gasteiger partial charge in [-0.05, 0) is 18.2 Å². The molecule has 1 heterocycles. The molecule has 0 bridgehead atoms. The van der Waals surface area contributed by atoms with Gasteiger partial charge in [-0.15, -0.1) is 0 Å². The summed E-state index contributed by atoms with van der Waals surface area (Å²) in [6, 6.07) is 4.29. The second-order valence-corrected chi connectivity index (χ2v) is 3.84. The topological polar surface area (TPSA) is 56.1 Å². The minimum atomic E-state index is -4.46. The molecular weight excluding hydrogens is 275 g/mol. The maximum Gasteiger partial charge on any atom is 0.416 e. The number of hydrogen-bond acceptors (Lipinski definition) is 3. The van der Waals surface area contributed by atoms with E-state index in [9.17, 15) is 18.0 Å². The Balaban J connectivity index is 1.94. The zero-order valence-electron chi connectivity index (χ0n) is 10.1. The van der Waals surface area contributed by atoms with Crippen LogP contribution in [0, 0.1) is 0 Å². The molecule has 5 nitrogen and oxygen atoms in total. The van der Waals surface area contributed by atoms with Gasteiger partial charge in [-0.3, -0.25) is 5.32 Å². The first kappa shape index (κ1) is 13.9. The first-order chi connectivity index (χ1) is 9.45. The van der Waals surface area contributed by atoms with E-state index in [-0.39, 0.29) is 12.4 Å². The largest absolute Gasteiger partial charge is 0.427 e. The van der Waals surface area contributed by atoms with Gasteiger partial charge in [0.2, 0.25) is 0 Å². The van der Waals surface area contributed by atoms with Crippen molar-refractivity contribution in [2.24, 2.45) is 0 Å². The third-order valence-electron chi connectivity index (χ3n) is 2.34. The number of halogens is 3.